The number of hydrogen-bond acceptors (Lipinski definition) is 4. The predicted octanol–water partition coefficient (Wildman–Crippen LogP) is 1.84. The van der Waals surface area contributed by atoms with Crippen molar-refractivity contribution < 1.29 is 9.21 Å². The quantitative estimate of drug-likeness (QED) is 0.639. The standard InChI is InChI=1S/C7H3ClN2O3/c1-2-3-5(11)9-10-6(3)13-7(12)4(2)8/h1H3. The molecule has 0 fully saturated rings. The Morgan fingerprint density at radius 2 is 2.00 bits per heavy atom. The highest BCUT2D eigenvalue weighted by Gasteiger charge is 2.25. The van der Waals surface area contributed by atoms with Crippen LogP contribution < -0.4 is 5.63 Å². The first-order valence-corrected chi connectivity index (χ1v) is 3.78. The summed E-state index contributed by atoms with van der Waals surface area (Å²) >= 11 is 5.58. The Bertz CT molecular complexity index is 489. The number of nitrogens with zero attached hydrogens (tertiary/aromatic N) is 2. The molecule has 1 aliphatic rings. The van der Waals surface area contributed by atoms with E-state index in [-0.39, 0.29) is 16.5 Å². The van der Waals surface area contributed by atoms with Crippen molar-refractivity contribution in [2.45, 2.75) is 6.92 Å². The molecular formula is C7H3ClN2O3. The lowest BCUT2D eigenvalue weighted by Gasteiger charge is -1.98. The van der Waals surface area contributed by atoms with Gasteiger partial charge in [-0.25, -0.2) is 4.79 Å². The molecule has 1 aromatic heterocycles. The van der Waals surface area contributed by atoms with Crippen LogP contribution >= 0.6 is 11.6 Å². The maximum atomic E-state index is 11.1. The lowest BCUT2D eigenvalue weighted by molar-refractivity contribution is 0.100. The minimum atomic E-state index is -0.702. The lowest BCUT2D eigenvalue weighted by Crippen LogP contribution is -2.05. The second-order valence-corrected chi connectivity index (χ2v) is 2.89. The summed E-state index contributed by atoms with van der Waals surface area (Å²) in [6.07, 6.45) is 0. The van der Waals surface area contributed by atoms with Gasteiger partial charge in [-0.3, -0.25) is 4.79 Å². The van der Waals surface area contributed by atoms with Crippen LogP contribution in [0, 0.1) is 6.92 Å². The molecule has 1 aliphatic heterocycles. The SMILES string of the molecule is Cc1c2c(oc(=O)c1Cl)N=NC2=O. The zero-order chi connectivity index (χ0) is 9.59. The molecule has 1 amide bonds. The molecule has 13 heavy (non-hydrogen) atoms. The smallest absolute Gasteiger partial charge is 0.356 e. The fraction of sp³-hybridized carbons (Fsp3) is 0.143. The predicted molar refractivity (Wildman–Crippen MR) is 43.6 cm³/mol. The molecule has 0 saturated carbocycles. The number of rotatable bonds is 0. The van der Waals surface area contributed by atoms with Crippen LogP contribution in [0.25, 0.3) is 0 Å². The Morgan fingerprint density at radius 3 is 2.69 bits per heavy atom. The molecule has 0 bridgehead atoms. The van der Waals surface area contributed by atoms with Gasteiger partial charge in [0.25, 0.3) is 5.88 Å². The zero-order valence-electron chi connectivity index (χ0n) is 6.50. The molecule has 0 spiro atoms. The van der Waals surface area contributed by atoms with Crippen LogP contribution in [-0.4, -0.2) is 5.91 Å². The van der Waals surface area contributed by atoms with Crippen molar-refractivity contribution in [1.82, 2.24) is 0 Å². The van der Waals surface area contributed by atoms with Crippen LogP contribution in [0.1, 0.15) is 15.9 Å². The van der Waals surface area contributed by atoms with Gasteiger partial charge in [-0.2, -0.15) is 0 Å². The highest BCUT2D eigenvalue weighted by molar-refractivity contribution is 6.31. The normalized spacial score (nSPS) is 13.5. The van der Waals surface area contributed by atoms with Crippen molar-refractivity contribution in [3.8, 4) is 0 Å². The zero-order valence-corrected chi connectivity index (χ0v) is 7.25. The van der Waals surface area contributed by atoms with Crippen molar-refractivity contribution in [3.05, 3.63) is 26.6 Å². The molecule has 0 N–H and O–H groups in total. The van der Waals surface area contributed by atoms with E-state index in [2.05, 4.69) is 14.6 Å². The van der Waals surface area contributed by atoms with E-state index in [9.17, 15) is 9.59 Å². The number of amides is 1. The minimum Gasteiger partial charge on any atom is -0.401 e. The maximum Gasteiger partial charge on any atom is 0.356 e. The minimum absolute atomic E-state index is 0.0584. The van der Waals surface area contributed by atoms with Gasteiger partial charge >= 0.3 is 11.5 Å². The van der Waals surface area contributed by atoms with Crippen molar-refractivity contribution >= 4 is 23.4 Å². The molecule has 66 valence electrons. The van der Waals surface area contributed by atoms with Crippen molar-refractivity contribution in [2.24, 2.45) is 10.2 Å². The van der Waals surface area contributed by atoms with Gasteiger partial charge in [0.05, 0.1) is 0 Å². The average Bonchev–Trinajstić information content (AvgIpc) is 2.43. The number of azo groups is 1. The molecule has 0 atom stereocenters. The number of fused-ring (bicyclic) bond motifs is 1. The number of halogens is 1. The third-order valence-electron chi connectivity index (χ3n) is 1.73. The third kappa shape index (κ3) is 1.01. The molecule has 5 nitrogen and oxygen atoms in total. The van der Waals surface area contributed by atoms with E-state index >= 15 is 0 Å². The molecule has 0 aliphatic carbocycles. The summed E-state index contributed by atoms with van der Waals surface area (Å²) in [6, 6.07) is 0. The fourth-order valence-electron chi connectivity index (χ4n) is 1.07. The lowest BCUT2D eigenvalue weighted by atomic mass is 10.1. The molecule has 2 rings (SSSR count). The van der Waals surface area contributed by atoms with Gasteiger partial charge in [-0.05, 0) is 12.5 Å². The van der Waals surface area contributed by atoms with Crippen LogP contribution in [0.2, 0.25) is 5.02 Å². The largest absolute Gasteiger partial charge is 0.401 e. The summed E-state index contributed by atoms with van der Waals surface area (Å²) < 4.78 is 4.63. The molecule has 1 aromatic rings. The van der Waals surface area contributed by atoms with Crippen LogP contribution in [0.5, 0.6) is 0 Å². The average molecular weight is 199 g/mol. The van der Waals surface area contributed by atoms with Gasteiger partial charge in [0.15, 0.2) is 0 Å². The Kier molecular flexibility index (Phi) is 1.56. The number of carbonyl (C=O) groups is 1. The van der Waals surface area contributed by atoms with E-state index in [4.69, 9.17) is 11.6 Å². The molecule has 0 saturated heterocycles. The van der Waals surface area contributed by atoms with E-state index in [1.54, 1.807) is 6.92 Å². The van der Waals surface area contributed by atoms with Crippen LogP contribution in [0.3, 0.4) is 0 Å². The van der Waals surface area contributed by atoms with Gasteiger partial charge in [-0.15, -0.1) is 10.2 Å². The van der Waals surface area contributed by atoms with Crippen LogP contribution in [0.15, 0.2) is 19.4 Å². The van der Waals surface area contributed by atoms with Crippen LogP contribution in [-0.2, 0) is 0 Å². The molecular weight excluding hydrogens is 196 g/mol. The van der Waals surface area contributed by atoms with E-state index in [1.807, 2.05) is 0 Å². The summed E-state index contributed by atoms with van der Waals surface area (Å²) in [6.45, 7) is 1.55. The Labute approximate surface area is 77.0 Å². The summed E-state index contributed by atoms with van der Waals surface area (Å²) in [7, 11) is 0. The van der Waals surface area contributed by atoms with Gasteiger partial charge in [-0.1, -0.05) is 11.6 Å². The maximum absolute atomic E-state index is 11.1. The summed E-state index contributed by atoms with van der Waals surface area (Å²) in [5, 5.41) is 6.54. The highest BCUT2D eigenvalue weighted by atomic mass is 35.5. The van der Waals surface area contributed by atoms with E-state index in [0.717, 1.165) is 0 Å². The summed E-state index contributed by atoms with van der Waals surface area (Å²) in [5.41, 5.74) is -0.168. The number of hydrogen-bond donors (Lipinski definition) is 0. The van der Waals surface area contributed by atoms with Crippen molar-refractivity contribution in [3.63, 3.8) is 0 Å². The monoisotopic (exact) mass is 198 g/mol. The Morgan fingerprint density at radius 1 is 1.31 bits per heavy atom. The van der Waals surface area contributed by atoms with E-state index in [1.165, 1.54) is 0 Å². The second-order valence-electron chi connectivity index (χ2n) is 2.51. The van der Waals surface area contributed by atoms with Gasteiger partial charge < -0.3 is 4.42 Å². The molecule has 2 heterocycles. The number of carbonyl (C=O) groups excluding carboxylic acids is 1. The summed E-state index contributed by atoms with van der Waals surface area (Å²) in [5.74, 6) is -0.588. The second kappa shape index (κ2) is 2.50. The summed E-state index contributed by atoms with van der Waals surface area (Å²) in [4.78, 5) is 22.1. The molecule has 6 heteroatoms. The van der Waals surface area contributed by atoms with Gasteiger partial charge in [0.1, 0.15) is 10.6 Å². The first-order chi connectivity index (χ1) is 6.11. The topological polar surface area (TPSA) is 72.0 Å². The molecule has 0 radical (unpaired) electrons. The van der Waals surface area contributed by atoms with Gasteiger partial charge in [0.2, 0.25) is 0 Å². The van der Waals surface area contributed by atoms with E-state index in [0.29, 0.717) is 5.56 Å². The van der Waals surface area contributed by atoms with Crippen molar-refractivity contribution in [2.75, 3.05) is 0 Å². The first kappa shape index (κ1) is 8.12. The molecule has 0 unspecified atom stereocenters. The Hall–Kier alpha value is -1.49. The highest BCUT2D eigenvalue weighted by Crippen LogP contribution is 2.30. The fourth-order valence-corrected chi connectivity index (χ4v) is 1.20. The van der Waals surface area contributed by atoms with Crippen LogP contribution in [0.4, 0.5) is 5.88 Å². The third-order valence-corrected chi connectivity index (χ3v) is 2.17. The Balaban J connectivity index is 2.88. The van der Waals surface area contributed by atoms with Gasteiger partial charge in [0, 0.05) is 0 Å². The first-order valence-electron chi connectivity index (χ1n) is 3.40. The van der Waals surface area contributed by atoms with Crippen molar-refractivity contribution in [1.29, 1.82) is 0 Å². The molecule has 0 aromatic carbocycles. The van der Waals surface area contributed by atoms with E-state index < -0.39 is 11.5 Å².